The van der Waals surface area contributed by atoms with Gasteiger partial charge in [0, 0.05) is 16.6 Å². The summed E-state index contributed by atoms with van der Waals surface area (Å²) in [5.41, 5.74) is 1.48. The fourth-order valence-electron chi connectivity index (χ4n) is 2.06. The molecule has 0 bridgehead atoms. The zero-order valence-electron chi connectivity index (χ0n) is 13.1. The highest BCUT2D eigenvalue weighted by Gasteiger charge is 2.24. The minimum atomic E-state index is -0.877. The minimum Gasteiger partial charge on any atom is -0.431 e. The summed E-state index contributed by atoms with van der Waals surface area (Å²) in [6.45, 7) is 1.82. The predicted octanol–water partition coefficient (Wildman–Crippen LogP) is 4.21. The first-order valence-electron chi connectivity index (χ1n) is 7.25. The Balaban J connectivity index is 1.64. The second-order valence-electron chi connectivity index (χ2n) is 5.14. The predicted molar refractivity (Wildman–Crippen MR) is 92.8 cm³/mol. The Morgan fingerprint density at radius 2 is 2.20 bits per heavy atom. The molecule has 0 spiro atoms. The summed E-state index contributed by atoms with van der Waals surface area (Å²) >= 11 is 2.42. The van der Waals surface area contributed by atoms with Gasteiger partial charge in [-0.15, -0.1) is 11.3 Å². The molecule has 0 fully saturated rings. The summed E-state index contributed by atoms with van der Waals surface area (Å²) in [5.74, 6) is -0.910. The van der Waals surface area contributed by atoms with E-state index in [0.717, 1.165) is 17.5 Å². The Kier molecular flexibility index (Phi) is 5.26. The molecule has 0 amide bonds. The molecule has 0 N–H and O–H groups in total. The lowest BCUT2D eigenvalue weighted by Crippen LogP contribution is -2.13. The molecule has 0 aliphatic heterocycles. The monoisotopic (exact) mass is 373 g/mol. The van der Waals surface area contributed by atoms with Gasteiger partial charge in [-0.05, 0) is 31.2 Å². The molecule has 0 saturated heterocycles. The number of aromatic nitrogens is 2. The molecule has 1 atom stereocenters. The summed E-state index contributed by atoms with van der Waals surface area (Å²) in [5, 5.41) is 11.9. The Morgan fingerprint density at radius 1 is 1.44 bits per heavy atom. The van der Waals surface area contributed by atoms with Crippen LogP contribution in [0, 0.1) is 24.1 Å². The molecule has 0 radical (unpaired) electrons. The van der Waals surface area contributed by atoms with Gasteiger partial charge in [0.05, 0.1) is 18.0 Å². The van der Waals surface area contributed by atoms with Crippen molar-refractivity contribution in [3.63, 3.8) is 0 Å². The van der Waals surface area contributed by atoms with Crippen molar-refractivity contribution in [2.75, 3.05) is 5.75 Å². The van der Waals surface area contributed by atoms with Gasteiger partial charge in [0.15, 0.2) is 17.5 Å². The van der Waals surface area contributed by atoms with E-state index in [1.54, 1.807) is 12.1 Å². The van der Waals surface area contributed by atoms with E-state index in [1.807, 2.05) is 18.4 Å². The lowest BCUT2D eigenvalue weighted by atomic mass is 10.1. The second-order valence-corrected chi connectivity index (χ2v) is 6.96. The topological polar surface area (TPSA) is 79.8 Å². The number of nitrogens with zero attached hydrogens (tertiary/aromatic N) is 3. The summed E-state index contributed by atoms with van der Waals surface area (Å²) in [7, 11) is 0. The summed E-state index contributed by atoms with van der Waals surface area (Å²) in [6, 6.07) is 7.85. The molecule has 3 rings (SSSR count). The Bertz CT molecular complexity index is 928. The normalized spacial score (nSPS) is 11.9. The second kappa shape index (κ2) is 7.59. The number of ketones is 1. The molecular formula is C17H12FN3O2S2. The number of thiazole rings is 1. The third-order valence-electron chi connectivity index (χ3n) is 3.29. The van der Waals surface area contributed by atoms with Crippen molar-refractivity contribution in [2.24, 2.45) is 0 Å². The van der Waals surface area contributed by atoms with Crippen molar-refractivity contribution >= 4 is 28.9 Å². The Labute approximate surface area is 151 Å². The molecule has 3 aromatic rings. The number of oxazole rings is 1. The van der Waals surface area contributed by atoms with Crippen molar-refractivity contribution < 1.29 is 13.6 Å². The van der Waals surface area contributed by atoms with E-state index in [4.69, 9.17) is 4.42 Å². The third kappa shape index (κ3) is 4.13. The van der Waals surface area contributed by atoms with Crippen LogP contribution in [0.2, 0.25) is 0 Å². The van der Waals surface area contributed by atoms with E-state index in [2.05, 4.69) is 9.97 Å². The molecule has 0 aliphatic carbocycles. The van der Waals surface area contributed by atoms with E-state index in [0.29, 0.717) is 21.6 Å². The van der Waals surface area contributed by atoms with Gasteiger partial charge in [-0.3, -0.25) is 4.79 Å². The highest BCUT2D eigenvalue weighted by Crippen LogP contribution is 2.28. The van der Waals surface area contributed by atoms with Crippen molar-refractivity contribution in [1.29, 1.82) is 5.26 Å². The first kappa shape index (κ1) is 17.3. The van der Waals surface area contributed by atoms with Gasteiger partial charge in [-0.2, -0.15) is 5.26 Å². The zero-order valence-corrected chi connectivity index (χ0v) is 14.7. The number of halogens is 1. The maximum Gasteiger partial charge on any atom is 0.256 e. The van der Waals surface area contributed by atoms with Crippen LogP contribution in [-0.2, 0) is 4.79 Å². The van der Waals surface area contributed by atoms with E-state index in [9.17, 15) is 14.4 Å². The summed E-state index contributed by atoms with van der Waals surface area (Å²) in [6.07, 6.45) is 1.52. The smallest absolute Gasteiger partial charge is 0.256 e. The molecule has 8 heteroatoms. The molecule has 1 aromatic carbocycles. The number of carbonyl (C=O) groups excluding carboxylic acids is 1. The SMILES string of the molecule is Cc1csc([C@@H](C#N)C(=O)CSc2ncc(-c3ccc(F)cc3)o2)n1. The number of thioether (sulfide) groups is 1. The van der Waals surface area contributed by atoms with Crippen LogP contribution >= 0.6 is 23.1 Å². The molecule has 2 heterocycles. The third-order valence-corrected chi connectivity index (χ3v) is 5.18. The van der Waals surface area contributed by atoms with Gasteiger partial charge in [0.1, 0.15) is 10.8 Å². The number of benzene rings is 1. The van der Waals surface area contributed by atoms with Crippen molar-refractivity contribution in [2.45, 2.75) is 18.1 Å². The van der Waals surface area contributed by atoms with Crippen LogP contribution in [0.4, 0.5) is 4.39 Å². The Hall–Kier alpha value is -2.50. The van der Waals surface area contributed by atoms with E-state index in [1.165, 1.54) is 29.7 Å². The van der Waals surface area contributed by atoms with Gasteiger partial charge in [0.2, 0.25) is 0 Å². The molecule has 0 saturated carbocycles. The standard InChI is InChI=1S/C17H12FN3O2S2/c1-10-8-24-16(21-10)13(6-19)14(22)9-25-17-20-7-15(23-17)11-2-4-12(18)5-3-11/h2-5,7-8,13H,9H2,1H3/t13-/m0/s1. The maximum atomic E-state index is 12.9. The van der Waals surface area contributed by atoms with Crippen LogP contribution in [0.1, 0.15) is 16.6 Å². The van der Waals surface area contributed by atoms with Gasteiger partial charge < -0.3 is 4.42 Å². The lowest BCUT2D eigenvalue weighted by molar-refractivity contribution is -0.116. The van der Waals surface area contributed by atoms with Crippen LogP contribution < -0.4 is 0 Å². The van der Waals surface area contributed by atoms with Gasteiger partial charge in [-0.25, -0.2) is 14.4 Å². The van der Waals surface area contributed by atoms with Crippen LogP contribution in [0.15, 0.2) is 45.5 Å². The molecule has 0 aliphatic rings. The zero-order chi connectivity index (χ0) is 17.8. The first-order valence-corrected chi connectivity index (χ1v) is 9.12. The van der Waals surface area contributed by atoms with Crippen molar-refractivity contribution in [3.05, 3.63) is 52.4 Å². The number of nitriles is 1. The number of rotatable bonds is 6. The number of aryl methyl sites for hydroxylation is 1. The number of carbonyl (C=O) groups is 1. The quantitative estimate of drug-likeness (QED) is 0.602. The van der Waals surface area contributed by atoms with Gasteiger partial charge in [0.25, 0.3) is 5.22 Å². The van der Waals surface area contributed by atoms with Crippen LogP contribution in [-0.4, -0.2) is 21.5 Å². The fourth-order valence-corrected chi connectivity index (χ4v) is 3.63. The van der Waals surface area contributed by atoms with E-state index < -0.39 is 5.92 Å². The summed E-state index contributed by atoms with van der Waals surface area (Å²) in [4.78, 5) is 20.6. The average molecular weight is 373 g/mol. The molecule has 0 unspecified atom stereocenters. The van der Waals surface area contributed by atoms with Gasteiger partial charge >= 0.3 is 0 Å². The average Bonchev–Trinajstić information content (AvgIpc) is 3.24. The summed E-state index contributed by atoms with van der Waals surface area (Å²) < 4.78 is 18.5. The van der Waals surface area contributed by atoms with E-state index in [-0.39, 0.29) is 17.4 Å². The number of hydrogen-bond donors (Lipinski definition) is 0. The minimum absolute atomic E-state index is 0.0558. The molecule has 5 nitrogen and oxygen atoms in total. The van der Waals surface area contributed by atoms with Crippen molar-refractivity contribution in [1.82, 2.24) is 9.97 Å². The largest absolute Gasteiger partial charge is 0.431 e. The maximum absolute atomic E-state index is 12.9. The van der Waals surface area contributed by atoms with Crippen LogP contribution in [0.25, 0.3) is 11.3 Å². The van der Waals surface area contributed by atoms with E-state index >= 15 is 0 Å². The highest BCUT2D eigenvalue weighted by atomic mass is 32.2. The number of Topliss-reactive ketones (excluding diaryl/α,β-unsaturated/α-hetero) is 1. The van der Waals surface area contributed by atoms with Crippen molar-refractivity contribution in [3.8, 4) is 17.4 Å². The molecular weight excluding hydrogens is 361 g/mol. The van der Waals surface area contributed by atoms with Gasteiger partial charge in [-0.1, -0.05) is 11.8 Å². The van der Waals surface area contributed by atoms with Crippen LogP contribution in [0.5, 0.6) is 0 Å². The highest BCUT2D eigenvalue weighted by molar-refractivity contribution is 7.99. The molecule has 25 heavy (non-hydrogen) atoms. The van der Waals surface area contributed by atoms with Crippen LogP contribution in [0.3, 0.4) is 0 Å². The lowest BCUT2D eigenvalue weighted by Gasteiger charge is -2.03. The fraction of sp³-hybridized carbons (Fsp3) is 0.176. The Morgan fingerprint density at radius 3 is 2.84 bits per heavy atom. The molecule has 126 valence electrons. The number of hydrogen-bond acceptors (Lipinski definition) is 7. The first-order chi connectivity index (χ1) is 12.1. The molecule has 2 aromatic heterocycles.